The van der Waals surface area contributed by atoms with E-state index in [2.05, 4.69) is 0 Å². The van der Waals surface area contributed by atoms with E-state index in [1.807, 2.05) is 57.2 Å². The summed E-state index contributed by atoms with van der Waals surface area (Å²) in [6.07, 6.45) is 0. The van der Waals surface area contributed by atoms with Crippen LogP contribution in [0, 0.1) is 20.8 Å². The van der Waals surface area contributed by atoms with Crippen LogP contribution < -0.4 is 0 Å². The zero-order valence-electron chi connectivity index (χ0n) is 27.1. The summed E-state index contributed by atoms with van der Waals surface area (Å²) in [6, 6.07) is 20.9. The van der Waals surface area contributed by atoms with E-state index in [0.29, 0.717) is 14.7 Å². The average molecular weight is 637 g/mol. The highest BCUT2D eigenvalue weighted by atomic mass is 32.2. The first-order chi connectivity index (χ1) is 18.7. The van der Waals surface area contributed by atoms with Gasteiger partial charge in [-0.25, -0.2) is 25.3 Å². The molecular formula is C33H48O6S3. The van der Waals surface area contributed by atoms with E-state index in [4.69, 9.17) is 0 Å². The smallest absolute Gasteiger partial charge is 0.183 e. The fourth-order valence-electron chi connectivity index (χ4n) is 3.21. The molecule has 3 aromatic carbocycles. The third-order valence-corrected chi connectivity index (χ3v) is 13.9. The van der Waals surface area contributed by atoms with E-state index in [1.165, 1.54) is 0 Å². The molecule has 6 nitrogen and oxygen atoms in total. The Morgan fingerprint density at radius 2 is 0.476 bits per heavy atom. The Morgan fingerprint density at radius 1 is 0.333 bits per heavy atom. The highest BCUT2D eigenvalue weighted by molar-refractivity contribution is 7.93. The van der Waals surface area contributed by atoms with Crippen molar-refractivity contribution < 1.29 is 25.3 Å². The summed E-state index contributed by atoms with van der Waals surface area (Å²) in [4.78, 5) is 1.20. The molecule has 0 heterocycles. The van der Waals surface area contributed by atoms with Crippen LogP contribution in [-0.4, -0.2) is 39.5 Å². The standard InChI is InChI=1S/3C11H16O2S/c3*1-9-5-7-10(8-6-9)14(12,13)11(2,3)4/h3*5-8H,1-4H3. The van der Waals surface area contributed by atoms with Crippen molar-refractivity contribution in [2.75, 3.05) is 0 Å². The van der Waals surface area contributed by atoms with E-state index < -0.39 is 43.8 Å². The maximum atomic E-state index is 12.0. The predicted octanol–water partition coefficient (Wildman–Crippen LogP) is 7.70. The van der Waals surface area contributed by atoms with E-state index in [-0.39, 0.29) is 0 Å². The van der Waals surface area contributed by atoms with Crippen molar-refractivity contribution >= 4 is 29.5 Å². The lowest BCUT2D eigenvalue weighted by molar-refractivity contribution is 0.559. The van der Waals surface area contributed by atoms with Gasteiger partial charge in [0.15, 0.2) is 29.5 Å². The maximum absolute atomic E-state index is 12.0. The molecule has 0 saturated carbocycles. The van der Waals surface area contributed by atoms with Crippen LogP contribution in [0.3, 0.4) is 0 Å². The highest BCUT2D eigenvalue weighted by Gasteiger charge is 2.32. The minimum Gasteiger partial charge on any atom is -0.223 e. The monoisotopic (exact) mass is 636 g/mol. The third kappa shape index (κ3) is 9.51. The molecule has 0 radical (unpaired) electrons. The molecule has 42 heavy (non-hydrogen) atoms. The number of hydrogen-bond acceptors (Lipinski definition) is 6. The zero-order chi connectivity index (χ0) is 32.9. The molecule has 0 aliphatic heterocycles. The van der Waals surface area contributed by atoms with Crippen molar-refractivity contribution in [1.82, 2.24) is 0 Å². The van der Waals surface area contributed by atoms with Crippen LogP contribution in [0.2, 0.25) is 0 Å². The molecule has 3 rings (SSSR count). The van der Waals surface area contributed by atoms with E-state index in [9.17, 15) is 25.3 Å². The predicted molar refractivity (Wildman–Crippen MR) is 174 cm³/mol. The van der Waals surface area contributed by atoms with Crippen molar-refractivity contribution in [1.29, 1.82) is 0 Å². The SMILES string of the molecule is Cc1ccc(S(=O)(=O)C(C)(C)C)cc1.Cc1ccc(S(=O)(=O)C(C)(C)C)cc1.Cc1ccc(S(=O)(=O)C(C)(C)C)cc1. The van der Waals surface area contributed by atoms with Crippen molar-refractivity contribution in [2.45, 2.75) is 112 Å². The van der Waals surface area contributed by atoms with Crippen molar-refractivity contribution in [3.05, 3.63) is 89.5 Å². The van der Waals surface area contributed by atoms with Crippen molar-refractivity contribution in [3.63, 3.8) is 0 Å². The van der Waals surface area contributed by atoms with Crippen LogP contribution in [0.4, 0.5) is 0 Å². The largest absolute Gasteiger partial charge is 0.223 e. The van der Waals surface area contributed by atoms with Crippen LogP contribution >= 0.6 is 0 Å². The molecule has 0 aliphatic rings. The van der Waals surface area contributed by atoms with Crippen LogP contribution in [0.1, 0.15) is 79.0 Å². The Bertz CT molecular complexity index is 1430. The second kappa shape index (κ2) is 13.4. The lowest BCUT2D eigenvalue weighted by Crippen LogP contribution is -2.27. The molecule has 0 aliphatic carbocycles. The molecule has 234 valence electrons. The summed E-state index contributed by atoms with van der Waals surface area (Å²) < 4.78 is 69.6. The molecule has 3 aromatic rings. The van der Waals surface area contributed by atoms with Gasteiger partial charge in [0.05, 0.1) is 28.9 Å². The normalized spacial score (nSPS) is 12.9. The minimum atomic E-state index is -3.19. The van der Waals surface area contributed by atoms with E-state index in [0.717, 1.165) is 16.7 Å². The number of benzene rings is 3. The van der Waals surface area contributed by atoms with Crippen LogP contribution in [0.15, 0.2) is 87.5 Å². The first-order valence-corrected chi connectivity index (χ1v) is 18.1. The second-order valence-electron chi connectivity index (χ2n) is 13.3. The number of aryl methyl sites for hydroxylation is 3. The van der Waals surface area contributed by atoms with Gasteiger partial charge in [-0.15, -0.1) is 0 Å². The van der Waals surface area contributed by atoms with Gasteiger partial charge >= 0.3 is 0 Å². The molecular weight excluding hydrogens is 589 g/mol. The van der Waals surface area contributed by atoms with E-state index >= 15 is 0 Å². The summed E-state index contributed by atoms with van der Waals surface area (Å²) in [5, 5.41) is 0. The molecule has 0 fully saturated rings. The summed E-state index contributed by atoms with van der Waals surface area (Å²) in [7, 11) is -9.58. The first-order valence-electron chi connectivity index (χ1n) is 13.7. The van der Waals surface area contributed by atoms with Crippen LogP contribution in [-0.2, 0) is 29.5 Å². The van der Waals surface area contributed by atoms with Gasteiger partial charge in [0.2, 0.25) is 0 Å². The Labute approximate surface area is 255 Å². The molecule has 0 spiro atoms. The van der Waals surface area contributed by atoms with Gasteiger partial charge in [0.1, 0.15) is 0 Å². The number of rotatable bonds is 3. The van der Waals surface area contributed by atoms with Gasteiger partial charge in [-0.3, -0.25) is 0 Å². The Hall–Kier alpha value is -2.49. The van der Waals surface area contributed by atoms with Gasteiger partial charge in [0, 0.05) is 0 Å². The van der Waals surface area contributed by atoms with Crippen LogP contribution in [0.5, 0.6) is 0 Å². The minimum absolute atomic E-state index is 0.399. The maximum Gasteiger partial charge on any atom is 0.183 e. The molecule has 0 saturated heterocycles. The van der Waals surface area contributed by atoms with Gasteiger partial charge in [-0.05, 0) is 119 Å². The third-order valence-electron chi connectivity index (χ3n) is 6.41. The van der Waals surface area contributed by atoms with Gasteiger partial charge in [-0.1, -0.05) is 53.1 Å². The topological polar surface area (TPSA) is 102 Å². The van der Waals surface area contributed by atoms with Gasteiger partial charge < -0.3 is 0 Å². The van der Waals surface area contributed by atoms with Gasteiger partial charge in [-0.2, -0.15) is 0 Å². The van der Waals surface area contributed by atoms with Crippen molar-refractivity contribution in [3.8, 4) is 0 Å². The van der Waals surface area contributed by atoms with Crippen LogP contribution in [0.25, 0.3) is 0 Å². The number of hydrogen-bond donors (Lipinski definition) is 0. The molecule has 0 bridgehead atoms. The Kier molecular flexibility index (Phi) is 12.0. The lowest BCUT2D eigenvalue weighted by atomic mass is 10.2. The first kappa shape index (κ1) is 37.5. The highest BCUT2D eigenvalue weighted by Crippen LogP contribution is 2.26. The summed E-state index contributed by atoms with van der Waals surface area (Å²) in [5.41, 5.74) is 3.20. The Balaban J connectivity index is 0.000000315. The Morgan fingerprint density at radius 3 is 0.595 bits per heavy atom. The van der Waals surface area contributed by atoms with Crippen molar-refractivity contribution in [2.24, 2.45) is 0 Å². The average Bonchev–Trinajstić information content (AvgIpc) is 2.84. The fraction of sp³-hybridized carbons (Fsp3) is 0.455. The second-order valence-corrected chi connectivity index (χ2v) is 21.4. The quantitative estimate of drug-likeness (QED) is 0.292. The summed E-state index contributed by atoms with van der Waals surface area (Å²) in [5.74, 6) is 0. The summed E-state index contributed by atoms with van der Waals surface area (Å²) >= 11 is 0. The van der Waals surface area contributed by atoms with E-state index in [1.54, 1.807) is 98.7 Å². The molecule has 0 amide bonds. The lowest BCUT2D eigenvalue weighted by Gasteiger charge is -2.19. The number of sulfone groups is 3. The molecule has 0 atom stereocenters. The molecule has 0 aromatic heterocycles. The zero-order valence-corrected chi connectivity index (χ0v) is 29.6. The molecule has 0 unspecified atom stereocenters. The van der Waals surface area contributed by atoms with Gasteiger partial charge in [0.25, 0.3) is 0 Å². The fourth-order valence-corrected chi connectivity index (χ4v) is 6.82. The molecule has 9 heteroatoms. The molecule has 0 N–H and O–H groups in total. The summed E-state index contributed by atoms with van der Waals surface area (Å²) in [6.45, 7) is 21.2.